The smallest absolute Gasteiger partial charge is 0.240 e. The number of benzene rings is 1. The van der Waals surface area contributed by atoms with E-state index < -0.39 is 17.7 Å². The van der Waals surface area contributed by atoms with E-state index in [9.17, 15) is 13.6 Å². The second kappa shape index (κ2) is 6.28. The van der Waals surface area contributed by atoms with Crippen molar-refractivity contribution in [1.29, 1.82) is 0 Å². The van der Waals surface area contributed by atoms with Crippen molar-refractivity contribution in [3.63, 3.8) is 0 Å². The van der Waals surface area contributed by atoms with E-state index in [1.807, 2.05) is 4.90 Å². The van der Waals surface area contributed by atoms with Gasteiger partial charge >= 0.3 is 0 Å². The molecule has 0 radical (unpaired) electrons. The van der Waals surface area contributed by atoms with Gasteiger partial charge in [-0.1, -0.05) is 6.07 Å². The Morgan fingerprint density at radius 3 is 2.65 bits per heavy atom. The van der Waals surface area contributed by atoms with Crippen LogP contribution in [0, 0.1) is 11.6 Å². The lowest BCUT2D eigenvalue weighted by Crippen LogP contribution is -2.57. The number of rotatable bonds is 3. The zero-order valence-electron chi connectivity index (χ0n) is 11.7. The molecular weight excluding hydrogens is 264 g/mol. The molecule has 1 aliphatic heterocycles. The van der Waals surface area contributed by atoms with Crippen LogP contribution < -0.4 is 5.32 Å². The normalized spacial score (nSPS) is 19.9. The largest absolute Gasteiger partial charge is 0.347 e. The van der Waals surface area contributed by atoms with E-state index >= 15 is 0 Å². The summed E-state index contributed by atoms with van der Waals surface area (Å²) in [6.07, 6.45) is 0. The Kier molecular flexibility index (Phi) is 4.67. The fourth-order valence-corrected chi connectivity index (χ4v) is 2.36. The number of nitrogens with zero attached hydrogens (tertiary/aromatic N) is 2. The lowest BCUT2D eigenvalue weighted by molar-refractivity contribution is -0.135. The van der Waals surface area contributed by atoms with Crippen LogP contribution in [0.3, 0.4) is 0 Å². The molecule has 20 heavy (non-hydrogen) atoms. The minimum Gasteiger partial charge on any atom is -0.347 e. The number of halogens is 2. The van der Waals surface area contributed by atoms with Gasteiger partial charge in [-0.05, 0) is 12.1 Å². The van der Waals surface area contributed by atoms with Gasteiger partial charge in [0.1, 0.15) is 17.7 Å². The Labute approximate surface area is 117 Å². The molecule has 1 fully saturated rings. The van der Waals surface area contributed by atoms with Crippen molar-refractivity contribution in [2.45, 2.75) is 12.6 Å². The first kappa shape index (κ1) is 14.9. The average Bonchev–Trinajstić information content (AvgIpc) is 2.42. The van der Waals surface area contributed by atoms with E-state index in [-0.39, 0.29) is 18.0 Å². The molecule has 1 amide bonds. The number of hydrogen-bond acceptors (Lipinski definition) is 3. The van der Waals surface area contributed by atoms with E-state index in [2.05, 4.69) is 5.32 Å². The van der Waals surface area contributed by atoms with Crippen LogP contribution in [0.2, 0.25) is 0 Å². The molecule has 0 aliphatic carbocycles. The molecule has 4 nitrogen and oxygen atoms in total. The number of nitrogens with one attached hydrogen (secondary N) is 1. The summed E-state index contributed by atoms with van der Waals surface area (Å²) in [5.41, 5.74) is 0.0194. The van der Waals surface area contributed by atoms with Crippen LogP contribution in [0.4, 0.5) is 8.78 Å². The minimum absolute atomic E-state index is 0.0194. The molecule has 0 bridgehead atoms. The van der Waals surface area contributed by atoms with Gasteiger partial charge in [0.15, 0.2) is 0 Å². The summed E-state index contributed by atoms with van der Waals surface area (Å²) in [7, 11) is 3.36. The highest BCUT2D eigenvalue weighted by Gasteiger charge is 2.30. The van der Waals surface area contributed by atoms with Gasteiger partial charge in [-0.15, -0.1) is 0 Å². The van der Waals surface area contributed by atoms with Crippen molar-refractivity contribution in [3.05, 3.63) is 35.4 Å². The Bertz CT molecular complexity index is 473. The second-order valence-corrected chi connectivity index (χ2v) is 5.12. The maximum absolute atomic E-state index is 13.7. The molecule has 0 saturated carbocycles. The number of hydrogen-bond donors (Lipinski definition) is 1. The van der Waals surface area contributed by atoms with Gasteiger partial charge in [0, 0.05) is 45.8 Å². The van der Waals surface area contributed by atoms with Crippen LogP contribution >= 0.6 is 0 Å². The van der Waals surface area contributed by atoms with Gasteiger partial charge in [-0.3, -0.25) is 9.69 Å². The summed E-state index contributed by atoms with van der Waals surface area (Å²) >= 11 is 0. The summed E-state index contributed by atoms with van der Waals surface area (Å²) in [5.74, 6) is -1.20. The van der Waals surface area contributed by atoms with Gasteiger partial charge in [-0.25, -0.2) is 8.78 Å². The predicted molar refractivity (Wildman–Crippen MR) is 72.1 cm³/mol. The summed E-state index contributed by atoms with van der Waals surface area (Å²) in [5, 5.41) is 3.14. The first-order valence-electron chi connectivity index (χ1n) is 6.59. The summed E-state index contributed by atoms with van der Waals surface area (Å²) < 4.78 is 27.4. The zero-order chi connectivity index (χ0) is 14.7. The number of likely N-dealkylation sites (N-methyl/N-ethyl adjacent to an activating group) is 1. The molecule has 1 aliphatic rings. The zero-order valence-corrected chi connectivity index (χ0v) is 11.7. The molecule has 0 aromatic heterocycles. The molecule has 1 atom stereocenters. The lowest BCUT2D eigenvalue weighted by Gasteiger charge is -2.36. The van der Waals surface area contributed by atoms with E-state index in [4.69, 9.17) is 0 Å². The van der Waals surface area contributed by atoms with E-state index in [0.717, 1.165) is 0 Å². The highest BCUT2D eigenvalue weighted by molar-refractivity contribution is 5.81. The SMILES string of the molecule is CN(C)C(=O)C1CNCCN1Cc1c(F)cccc1F. The monoisotopic (exact) mass is 283 g/mol. The van der Waals surface area contributed by atoms with Gasteiger partial charge in [0.25, 0.3) is 0 Å². The van der Waals surface area contributed by atoms with Crippen LogP contribution in [0.5, 0.6) is 0 Å². The first-order chi connectivity index (χ1) is 9.50. The minimum atomic E-state index is -0.570. The number of carbonyl (C=O) groups excluding carboxylic acids is 1. The first-order valence-corrected chi connectivity index (χ1v) is 6.59. The molecule has 1 heterocycles. The molecule has 1 saturated heterocycles. The standard InChI is InChI=1S/C14H19F2N3O/c1-18(2)14(20)13-8-17-6-7-19(13)9-10-11(15)4-3-5-12(10)16/h3-5,13,17H,6-9H2,1-2H3. The third-order valence-corrected chi connectivity index (χ3v) is 3.50. The fraction of sp³-hybridized carbons (Fsp3) is 0.500. The molecular formula is C14H19F2N3O. The Morgan fingerprint density at radius 1 is 1.40 bits per heavy atom. The van der Waals surface area contributed by atoms with Crippen molar-refractivity contribution >= 4 is 5.91 Å². The van der Waals surface area contributed by atoms with Gasteiger partial charge in [-0.2, -0.15) is 0 Å². The van der Waals surface area contributed by atoms with Gasteiger partial charge in [0.2, 0.25) is 5.91 Å². The fourth-order valence-electron chi connectivity index (χ4n) is 2.36. The summed E-state index contributed by atoms with van der Waals surface area (Å²) in [4.78, 5) is 15.4. The van der Waals surface area contributed by atoms with Crippen molar-refractivity contribution in [2.75, 3.05) is 33.7 Å². The van der Waals surface area contributed by atoms with Gasteiger partial charge in [0.05, 0.1) is 0 Å². The van der Waals surface area contributed by atoms with Crippen molar-refractivity contribution in [1.82, 2.24) is 15.1 Å². The molecule has 1 unspecified atom stereocenters. The van der Waals surface area contributed by atoms with Crippen LogP contribution in [-0.4, -0.2) is 55.5 Å². The van der Waals surface area contributed by atoms with Crippen LogP contribution in [-0.2, 0) is 11.3 Å². The molecule has 110 valence electrons. The predicted octanol–water partition coefficient (Wildman–Crippen LogP) is 0.827. The van der Waals surface area contributed by atoms with E-state index in [0.29, 0.717) is 19.6 Å². The summed E-state index contributed by atoms with van der Waals surface area (Å²) in [6, 6.07) is 3.43. The van der Waals surface area contributed by atoms with Crippen LogP contribution in [0.1, 0.15) is 5.56 Å². The third kappa shape index (κ3) is 3.13. The Hall–Kier alpha value is -1.53. The van der Waals surface area contributed by atoms with Crippen molar-refractivity contribution in [2.24, 2.45) is 0 Å². The highest BCUT2D eigenvalue weighted by atomic mass is 19.1. The molecule has 1 N–H and O–H groups in total. The molecule has 0 spiro atoms. The van der Waals surface area contributed by atoms with Crippen molar-refractivity contribution in [3.8, 4) is 0 Å². The van der Waals surface area contributed by atoms with Crippen molar-refractivity contribution < 1.29 is 13.6 Å². The van der Waals surface area contributed by atoms with E-state index in [1.165, 1.54) is 23.1 Å². The maximum Gasteiger partial charge on any atom is 0.240 e. The Balaban J connectivity index is 2.19. The Morgan fingerprint density at radius 2 is 2.05 bits per heavy atom. The number of carbonyl (C=O) groups is 1. The summed E-state index contributed by atoms with van der Waals surface area (Å²) in [6.45, 7) is 1.88. The maximum atomic E-state index is 13.7. The molecule has 1 aromatic carbocycles. The van der Waals surface area contributed by atoms with Gasteiger partial charge < -0.3 is 10.2 Å². The lowest BCUT2D eigenvalue weighted by atomic mass is 10.1. The topological polar surface area (TPSA) is 35.6 Å². The molecule has 6 heteroatoms. The van der Waals surface area contributed by atoms with E-state index in [1.54, 1.807) is 14.1 Å². The molecule has 2 rings (SSSR count). The number of amides is 1. The second-order valence-electron chi connectivity index (χ2n) is 5.12. The van der Waals surface area contributed by atoms with Crippen LogP contribution in [0.15, 0.2) is 18.2 Å². The quantitative estimate of drug-likeness (QED) is 0.892. The third-order valence-electron chi connectivity index (χ3n) is 3.50. The highest BCUT2D eigenvalue weighted by Crippen LogP contribution is 2.17. The number of piperazine rings is 1. The molecule has 1 aromatic rings. The van der Waals surface area contributed by atoms with Crippen LogP contribution in [0.25, 0.3) is 0 Å². The average molecular weight is 283 g/mol.